The fourth-order valence-electron chi connectivity index (χ4n) is 4.34. The summed E-state index contributed by atoms with van der Waals surface area (Å²) in [6.45, 7) is 4.83. The minimum Gasteiger partial charge on any atom is -0.497 e. The summed E-state index contributed by atoms with van der Waals surface area (Å²) < 4.78 is 10.7. The van der Waals surface area contributed by atoms with Crippen LogP contribution in [0, 0.1) is 17.0 Å². The number of benzene rings is 3. The molecule has 5 rings (SSSR count). The molecule has 0 unspecified atom stereocenters. The molecule has 0 spiro atoms. The van der Waals surface area contributed by atoms with Crippen LogP contribution in [0.5, 0.6) is 5.75 Å². The quantitative estimate of drug-likeness (QED) is 0.288. The van der Waals surface area contributed by atoms with Crippen molar-refractivity contribution < 1.29 is 14.2 Å². The molecule has 1 aliphatic heterocycles. The van der Waals surface area contributed by atoms with E-state index >= 15 is 0 Å². The molecule has 4 aromatic rings. The van der Waals surface area contributed by atoms with Crippen molar-refractivity contribution in [1.82, 2.24) is 10.1 Å². The summed E-state index contributed by atoms with van der Waals surface area (Å²) in [5, 5.41) is 16.0. The van der Waals surface area contributed by atoms with E-state index in [9.17, 15) is 10.1 Å². The zero-order valence-corrected chi connectivity index (χ0v) is 19.5. The topological polar surface area (TPSA) is 97.8 Å². The number of nitrogens with zero attached hydrogens (tertiary/aromatic N) is 5. The SMILES string of the molecule is COc1ccc(N2CCN(c3ccc(-c4nc(-c5ccccc5C)no4)cc3[N+](=O)[O-])CC2)cc1. The van der Waals surface area contributed by atoms with Crippen molar-refractivity contribution in [2.75, 3.05) is 43.1 Å². The van der Waals surface area contributed by atoms with Gasteiger partial charge in [-0.15, -0.1) is 0 Å². The van der Waals surface area contributed by atoms with Crippen molar-refractivity contribution in [1.29, 1.82) is 0 Å². The maximum atomic E-state index is 12.0. The lowest BCUT2D eigenvalue weighted by Gasteiger charge is -2.37. The van der Waals surface area contributed by atoms with Crippen LogP contribution in [0.2, 0.25) is 0 Å². The zero-order valence-electron chi connectivity index (χ0n) is 19.5. The largest absolute Gasteiger partial charge is 0.497 e. The first-order valence-electron chi connectivity index (χ1n) is 11.4. The Labute approximate surface area is 202 Å². The second-order valence-electron chi connectivity index (χ2n) is 8.37. The van der Waals surface area contributed by atoms with Crippen LogP contribution >= 0.6 is 0 Å². The number of piperazine rings is 1. The summed E-state index contributed by atoms with van der Waals surface area (Å²) >= 11 is 0. The van der Waals surface area contributed by atoms with Gasteiger partial charge in [-0.25, -0.2) is 0 Å². The minimum absolute atomic E-state index is 0.0241. The Kier molecular flexibility index (Phi) is 6.05. The number of aryl methyl sites for hydroxylation is 1. The first kappa shape index (κ1) is 22.4. The van der Waals surface area contributed by atoms with E-state index in [2.05, 4.69) is 19.9 Å². The first-order valence-corrected chi connectivity index (χ1v) is 11.4. The van der Waals surface area contributed by atoms with Crippen LogP contribution in [0.25, 0.3) is 22.8 Å². The van der Waals surface area contributed by atoms with Crippen molar-refractivity contribution in [2.45, 2.75) is 6.92 Å². The lowest BCUT2D eigenvalue weighted by Crippen LogP contribution is -2.46. The van der Waals surface area contributed by atoms with Crippen molar-refractivity contribution in [2.24, 2.45) is 0 Å². The molecule has 0 saturated carbocycles. The van der Waals surface area contributed by atoms with Gasteiger partial charge in [0.2, 0.25) is 5.82 Å². The van der Waals surface area contributed by atoms with Gasteiger partial charge in [0.05, 0.1) is 12.0 Å². The fourth-order valence-corrected chi connectivity index (χ4v) is 4.34. The highest BCUT2D eigenvalue weighted by Gasteiger charge is 2.25. The van der Waals surface area contributed by atoms with Crippen molar-refractivity contribution in [3.05, 3.63) is 82.4 Å². The standard InChI is InChI=1S/C26H25N5O4/c1-18-5-3-4-6-22(18)25-27-26(35-28-25)19-7-12-23(24(17-19)31(32)33)30-15-13-29(14-16-30)20-8-10-21(34-2)11-9-20/h3-12,17H,13-16H2,1-2H3. The van der Waals surface area contributed by atoms with Gasteiger partial charge in [0.25, 0.3) is 11.6 Å². The third-order valence-corrected chi connectivity index (χ3v) is 6.29. The molecular formula is C26H25N5O4. The molecule has 0 atom stereocenters. The monoisotopic (exact) mass is 471 g/mol. The van der Waals surface area contributed by atoms with E-state index in [0.29, 0.717) is 30.2 Å². The van der Waals surface area contributed by atoms with Crippen LogP contribution in [-0.4, -0.2) is 48.4 Å². The molecule has 35 heavy (non-hydrogen) atoms. The molecule has 1 fully saturated rings. The molecule has 9 heteroatoms. The number of hydrogen-bond donors (Lipinski definition) is 0. The Morgan fingerprint density at radius 1 is 0.971 bits per heavy atom. The van der Waals surface area contributed by atoms with Crippen LogP contribution < -0.4 is 14.5 Å². The van der Waals surface area contributed by atoms with Gasteiger partial charge < -0.3 is 19.1 Å². The van der Waals surface area contributed by atoms with Crippen LogP contribution in [0.15, 0.2) is 71.3 Å². The van der Waals surface area contributed by atoms with Crippen molar-refractivity contribution in [3.8, 4) is 28.6 Å². The van der Waals surface area contributed by atoms with E-state index < -0.39 is 0 Å². The number of nitro benzene ring substituents is 1. The number of hydrogen-bond acceptors (Lipinski definition) is 8. The van der Waals surface area contributed by atoms with Crippen LogP contribution in [0.4, 0.5) is 17.1 Å². The van der Waals surface area contributed by atoms with Gasteiger partial charge in [0.15, 0.2) is 0 Å². The Bertz CT molecular complexity index is 1340. The van der Waals surface area contributed by atoms with Crippen LogP contribution in [-0.2, 0) is 0 Å². The second kappa shape index (κ2) is 9.46. The van der Waals surface area contributed by atoms with E-state index in [1.54, 1.807) is 19.2 Å². The predicted molar refractivity (Wildman–Crippen MR) is 134 cm³/mol. The summed E-state index contributed by atoms with van der Waals surface area (Å²) in [5.74, 6) is 1.53. The van der Waals surface area contributed by atoms with E-state index in [1.807, 2.05) is 55.5 Å². The molecule has 1 saturated heterocycles. The lowest BCUT2D eigenvalue weighted by atomic mass is 10.1. The molecular weight excluding hydrogens is 446 g/mol. The molecule has 3 aromatic carbocycles. The number of aromatic nitrogens is 2. The summed E-state index contributed by atoms with van der Waals surface area (Å²) in [4.78, 5) is 20.4. The highest BCUT2D eigenvalue weighted by atomic mass is 16.6. The smallest absolute Gasteiger partial charge is 0.293 e. The summed E-state index contributed by atoms with van der Waals surface area (Å²) in [6.07, 6.45) is 0. The molecule has 0 bridgehead atoms. The summed E-state index contributed by atoms with van der Waals surface area (Å²) in [5.41, 5.74) is 4.13. The van der Waals surface area contributed by atoms with E-state index in [-0.39, 0.29) is 16.5 Å². The van der Waals surface area contributed by atoms with Gasteiger partial charge >= 0.3 is 0 Å². The van der Waals surface area contributed by atoms with Crippen LogP contribution in [0.1, 0.15) is 5.56 Å². The highest BCUT2D eigenvalue weighted by molar-refractivity contribution is 5.72. The van der Waals surface area contributed by atoms with Gasteiger partial charge in [-0.2, -0.15) is 4.98 Å². The van der Waals surface area contributed by atoms with Gasteiger partial charge in [-0.1, -0.05) is 29.4 Å². The maximum absolute atomic E-state index is 12.0. The van der Waals surface area contributed by atoms with Crippen LogP contribution in [0.3, 0.4) is 0 Å². The van der Waals surface area contributed by atoms with Gasteiger partial charge in [-0.3, -0.25) is 10.1 Å². The number of methoxy groups -OCH3 is 1. The average molecular weight is 472 g/mol. The maximum Gasteiger partial charge on any atom is 0.293 e. The van der Waals surface area contributed by atoms with Crippen molar-refractivity contribution in [3.63, 3.8) is 0 Å². The number of anilines is 2. The lowest BCUT2D eigenvalue weighted by molar-refractivity contribution is -0.384. The Morgan fingerprint density at radius 2 is 1.69 bits per heavy atom. The first-order chi connectivity index (χ1) is 17.0. The third-order valence-electron chi connectivity index (χ3n) is 6.29. The van der Waals surface area contributed by atoms with E-state index in [1.165, 1.54) is 6.07 Å². The molecule has 2 heterocycles. The molecule has 1 aromatic heterocycles. The Balaban J connectivity index is 1.35. The zero-order chi connectivity index (χ0) is 24.4. The summed E-state index contributed by atoms with van der Waals surface area (Å²) in [6, 6.07) is 20.8. The van der Waals surface area contributed by atoms with Gasteiger partial charge in [0, 0.05) is 49.1 Å². The molecule has 0 amide bonds. The van der Waals surface area contributed by atoms with E-state index in [0.717, 1.165) is 35.7 Å². The molecule has 0 aliphatic carbocycles. The molecule has 178 valence electrons. The number of rotatable bonds is 6. The number of ether oxygens (including phenoxy) is 1. The predicted octanol–water partition coefficient (Wildman–Crippen LogP) is 4.96. The molecule has 1 aliphatic rings. The average Bonchev–Trinajstić information content (AvgIpc) is 3.39. The molecule has 0 radical (unpaired) electrons. The van der Waals surface area contributed by atoms with Gasteiger partial charge in [-0.05, 0) is 48.9 Å². The van der Waals surface area contributed by atoms with Crippen molar-refractivity contribution >= 4 is 17.1 Å². The Hall–Kier alpha value is -4.40. The number of nitro groups is 1. The molecule has 9 nitrogen and oxygen atoms in total. The highest BCUT2D eigenvalue weighted by Crippen LogP contribution is 2.34. The molecule has 0 N–H and O–H groups in total. The summed E-state index contributed by atoms with van der Waals surface area (Å²) in [7, 11) is 1.65. The normalized spacial score (nSPS) is 13.7. The third kappa shape index (κ3) is 4.52. The minimum atomic E-state index is -0.354. The second-order valence-corrected chi connectivity index (χ2v) is 8.37. The Morgan fingerprint density at radius 3 is 2.37 bits per heavy atom. The fraction of sp³-hybridized carbons (Fsp3) is 0.231. The van der Waals surface area contributed by atoms with E-state index in [4.69, 9.17) is 9.26 Å². The van der Waals surface area contributed by atoms with Gasteiger partial charge in [0.1, 0.15) is 11.4 Å².